The smallest absolute Gasteiger partial charge is 0.411 e. The standard InChI is InChI=1S/C18H22N2O2S2/c1-18(2,3)22-17(21)20-9-12(8-13(20)10-23-4)15-11-24-16-14(15)6-5-7-19-16/h5-8,11,13H,9-10H2,1-4H3. The lowest BCUT2D eigenvalue weighted by Gasteiger charge is -2.28. The second-order valence-corrected chi connectivity index (χ2v) is 8.60. The predicted molar refractivity (Wildman–Crippen MR) is 103 cm³/mol. The number of amides is 1. The van der Waals surface area contributed by atoms with Crippen LogP contribution in [-0.4, -0.2) is 46.2 Å². The van der Waals surface area contributed by atoms with E-state index in [4.69, 9.17) is 4.74 Å². The highest BCUT2D eigenvalue weighted by atomic mass is 32.2. The molecule has 0 saturated carbocycles. The Morgan fingerprint density at radius 1 is 1.50 bits per heavy atom. The molecule has 1 aliphatic heterocycles. The van der Waals surface area contributed by atoms with E-state index in [1.807, 2.05) is 37.9 Å². The van der Waals surface area contributed by atoms with Gasteiger partial charge in [0.2, 0.25) is 0 Å². The molecule has 0 aliphatic carbocycles. The van der Waals surface area contributed by atoms with Gasteiger partial charge in [0.05, 0.1) is 12.6 Å². The number of ether oxygens (including phenoxy) is 1. The minimum Gasteiger partial charge on any atom is -0.444 e. The monoisotopic (exact) mass is 362 g/mol. The van der Waals surface area contributed by atoms with E-state index in [1.165, 1.54) is 11.1 Å². The van der Waals surface area contributed by atoms with E-state index in [2.05, 4.69) is 28.8 Å². The van der Waals surface area contributed by atoms with Crippen LogP contribution in [0.4, 0.5) is 4.79 Å². The molecule has 0 radical (unpaired) electrons. The number of fused-ring (bicyclic) bond motifs is 1. The Labute approximate surface area is 150 Å². The van der Waals surface area contributed by atoms with Gasteiger partial charge >= 0.3 is 6.09 Å². The fourth-order valence-electron chi connectivity index (χ4n) is 2.80. The van der Waals surface area contributed by atoms with E-state index in [-0.39, 0.29) is 12.1 Å². The summed E-state index contributed by atoms with van der Waals surface area (Å²) in [6.45, 7) is 6.28. The van der Waals surface area contributed by atoms with E-state index < -0.39 is 5.60 Å². The summed E-state index contributed by atoms with van der Waals surface area (Å²) < 4.78 is 5.59. The molecule has 2 aromatic heterocycles. The summed E-state index contributed by atoms with van der Waals surface area (Å²) in [6.07, 6.45) is 5.83. The molecule has 128 valence electrons. The average Bonchev–Trinajstić information content (AvgIpc) is 3.09. The number of aromatic nitrogens is 1. The first kappa shape index (κ1) is 17.3. The molecule has 0 N–H and O–H groups in total. The number of pyridine rings is 1. The highest BCUT2D eigenvalue weighted by Crippen LogP contribution is 2.34. The van der Waals surface area contributed by atoms with Gasteiger partial charge in [-0.05, 0) is 50.3 Å². The number of hydrogen-bond acceptors (Lipinski definition) is 5. The first-order chi connectivity index (χ1) is 11.4. The van der Waals surface area contributed by atoms with Crippen LogP contribution in [0.15, 0.2) is 29.8 Å². The molecule has 2 aromatic rings. The third-order valence-corrected chi connectivity index (χ3v) is 5.37. The highest BCUT2D eigenvalue weighted by Gasteiger charge is 2.33. The summed E-state index contributed by atoms with van der Waals surface area (Å²) >= 11 is 3.38. The molecule has 1 aliphatic rings. The van der Waals surface area contributed by atoms with E-state index in [1.54, 1.807) is 23.1 Å². The molecule has 0 fully saturated rings. The molecule has 1 amide bonds. The van der Waals surface area contributed by atoms with Gasteiger partial charge in [-0.1, -0.05) is 6.08 Å². The van der Waals surface area contributed by atoms with Crippen molar-refractivity contribution in [3.63, 3.8) is 0 Å². The molecule has 4 nitrogen and oxygen atoms in total. The molecule has 0 spiro atoms. The number of rotatable bonds is 3. The maximum atomic E-state index is 12.6. The van der Waals surface area contributed by atoms with Crippen molar-refractivity contribution in [2.24, 2.45) is 0 Å². The Hall–Kier alpha value is -1.53. The Balaban J connectivity index is 1.88. The summed E-state index contributed by atoms with van der Waals surface area (Å²) in [6, 6.07) is 4.12. The van der Waals surface area contributed by atoms with Gasteiger partial charge in [-0.25, -0.2) is 9.78 Å². The van der Waals surface area contributed by atoms with Crippen LogP contribution < -0.4 is 0 Å². The normalized spacial score (nSPS) is 18.1. The first-order valence-electron chi connectivity index (χ1n) is 7.91. The van der Waals surface area contributed by atoms with Crippen molar-refractivity contribution in [1.82, 2.24) is 9.88 Å². The van der Waals surface area contributed by atoms with Gasteiger partial charge in [0.25, 0.3) is 0 Å². The molecule has 3 rings (SSSR count). The predicted octanol–water partition coefficient (Wildman–Crippen LogP) is 4.66. The lowest BCUT2D eigenvalue weighted by atomic mass is 10.1. The van der Waals surface area contributed by atoms with Gasteiger partial charge in [0.1, 0.15) is 10.4 Å². The van der Waals surface area contributed by atoms with Crippen molar-refractivity contribution in [3.05, 3.63) is 35.3 Å². The van der Waals surface area contributed by atoms with Gasteiger partial charge < -0.3 is 4.74 Å². The topological polar surface area (TPSA) is 42.4 Å². The van der Waals surface area contributed by atoms with Crippen molar-refractivity contribution >= 4 is 45.0 Å². The fraction of sp³-hybridized carbons (Fsp3) is 0.444. The van der Waals surface area contributed by atoms with Crippen LogP contribution in [0, 0.1) is 0 Å². The number of hydrogen-bond donors (Lipinski definition) is 0. The van der Waals surface area contributed by atoms with Crippen LogP contribution in [0.2, 0.25) is 0 Å². The van der Waals surface area contributed by atoms with Crippen LogP contribution in [0.1, 0.15) is 26.3 Å². The summed E-state index contributed by atoms with van der Waals surface area (Å²) in [5.41, 5.74) is 1.88. The summed E-state index contributed by atoms with van der Waals surface area (Å²) in [5, 5.41) is 3.29. The Morgan fingerprint density at radius 3 is 3.00 bits per heavy atom. The molecule has 1 atom stereocenters. The van der Waals surface area contributed by atoms with Crippen LogP contribution >= 0.6 is 23.1 Å². The van der Waals surface area contributed by atoms with Crippen LogP contribution in [0.5, 0.6) is 0 Å². The summed E-state index contributed by atoms with van der Waals surface area (Å²) in [7, 11) is 0. The maximum absolute atomic E-state index is 12.6. The number of nitrogens with zero attached hydrogens (tertiary/aromatic N) is 2. The van der Waals surface area contributed by atoms with Gasteiger partial charge in [-0.3, -0.25) is 4.90 Å². The third-order valence-electron chi connectivity index (χ3n) is 3.80. The number of thioether (sulfide) groups is 1. The number of carbonyl (C=O) groups excluding carboxylic acids is 1. The Kier molecular flexibility index (Phi) is 4.88. The summed E-state index contributed by atoms with van der Waals surface area (Å²) in [5.74, 6) is 0.864. The minimum atomic E-state index is -0.483. The van der Waals surface area contributed by atoms with Crippen LogP contribution in [0.3, 0.4) is 0 Å². The van der Waals surface area contributed by atoms with E-state index in [9.17, 15) is 4.79 Å². The molecule has 1 unspecified atom stereocenters. The number of carbonyl (C=O) groups is 1. The lowest BCUT2D eigenvalue weighted by Crippen LogP contribution is -2.41. The van der Waals surface area contributed by atoms with Gasteiger partial charge in [-0.2, -0.15) is 11.8 Å². The SMILES string of the molecule is CSCC1C=C(c2csc3ncccc23)CN1C(=O)OC(C)(C)C. The zero-order valence-electron chi connectivity index (χ0n) is 14.4. The quantitative estimate of drug-likeness (QED) is 0.796. The molecule has 0 bridgehead atoms. The van der Waals surface area contributed by atoms with Crippen molar-refractivity contribution in [3.8, 4) is 0 Å². The van der Waals surface area contributed by atoms with E-state index in [0.29, 0.717) is 6.54 Å². The zero-order valence-corrected chi connectivity index (χ0v) is 16.0. The highest BCUT2D eigenvalue weighted by molar-refractivity contribution is 7.98. The van der Waals surface area contributed by atoms with E-state index >= 15 is 0 Å². The Bertz CT molecular complexity index is 777. The second kappa shape index (κ2) is 6.76. The van der Waals surface area contributed by atoms with E-state index in [0.717, 1.165) is 16.0 Å². The minimum absolute atomic E-state index is 0.0662. The average molecular weight is 363 g/mol. The molecule has 24 heavy (non-hydrogen) atoms. The lowest BCUT2D eigenvalue weighted by molar-refractivity contribution is 0.0258. The van der Waals surface area contributed by atoms with Gasteiger partial charge in [0, 0.05) is 22.7 Å². The molecule has 3 heterocycles. The summed E-state index contributed by atoms with van der Waals surface area (Å²) in [4.78, 5) is 19.9. The molecule has 6 heteroatoms. The van der Waals surface area contributed by atoms with Crippen molar-refractivity contribution in [2.75, 3.05) is 18.6 Å². The van der Waals surface area contributed by atoms with Gasteiger partial charge in [0.15, 0.2) is 0 Å². The molecule has 0 saturated heterocycles. The van der Waals surface area contributed by atoms with Crippen LogP contribution in [0.25, 0.3) is 15.8 Å². The largest absolute Gasteiger partial charge is 0.444 e. The van der Waals surface area contributed by atoms with Crippen molar-refractivity contribution < 1.29 is 9.53 Å². The molecular formula is C18H22N2O2S2. The Morgan fingerprint density at radius 2 is 2.29 bits per heavy atom. The van der Waals surface area contributed by atoms with Crippen molar-refractivity contribution in [1.29, 1.82) is 0 Å². The van der Waals surface area contributed by atoms with Gasteiger partial charge in [-0.15, -0.1) is 11.3 Å². The number of thiophene rings is 1. The maximum Gasteiger partial charge on any atom is 0.411 e. The molecular weight excluding hydrogens is 340 g/mol. The molecule has 0 aromatic carbocycles. The first-order valence-corrected chi connectivity index (χ1v) is 10.2. The fourth-order valence-corrected chi connectivity index (χ4v) is 4.35. The second-order valence-electron chi connectivity index (χ2n) is 6.83. The van der Waals surface area contributed by atoms with Crippen molar-refractivity contribution in [2.45, 2.75) is 32.4 Å². The van der Waals surface area contributed by atoms with Crippen LogP contribution in [-0.2, 0) is 4.74 Å². The zero-order chi connectivity index (χ0) is 17.3. The third kappa shape index (κ3) is 3.59.